The molecule has 0 aliphatic heterocycles. The Morgan fingerprint density at radius 2 is 2.14 bits per heavy atom. The zero-order chi connectivity index (χ0) is 14.7. The first-order valence-electron chi connectivity index (χ1n) is 8.34. The molecule has 0 aromatic carbocycles. The van der Waals surface area contributed by atoms with Gasteiger partial charge in [0, 0.05) is 12.2 Å². The van der Waals surface area contributed by atoms with Crippen molar-refractivity contribution in [1.29, 1.82) is 0 Å². The second-order valence-electron chi connectivity index (χ2n) is 6.52. The van der Waals surface area contributed by atoms with Gasteiger partial charge < -0.3 is 5.32 Å². The van der Waals surface area contributed by atoms with Crippen molar-refractivity contribution in [3.63, 3.8) is 0 Å². The smallest absolute Gasteiger partial charge is 0.0809 e. The van der Waals surface area contributed by atoms with Crippen molar-refractivity contribution in [2.45, 2.75) is 52.0 Å². The summed E-state index contributed by atoms with van der Waals surface area (Å²) in [4.78, 5) is 4.65. The van der Waals surface area contributed by atoms with E-state index in [1.807, 2.05) is 0 Å². The molecule has 1 aliphatic carbocycles. The molecule has 2 aromatic rings. The molecule has 0 amide bonds. The number of rotatable bonds is 5. The lowest BCUT2D eigenvalue weighted by atomic mass is 9.77. The van der Waals surface area contributed by atoms with E-state index in [0.29, 0.717) is 6.04 Å². The Bertz CT molecular complexity index is 569. The predicted molar refractivity (Wildman–Crippen MR) is 91.8 cm³/mol. The highest BCUT2D eigenvalue weighted by Gasteiger charge is 2.27. The lowest BCUT2D eigenvalue weighted by molar-refractivity contribution is 0.231. The fraction of sp³-hybridized carbons (Fsp3) is 0.611. The molecule has 1 N–H and O–H groups in total. The highest BCUT2D eigenvalue weighted by molar-refractivity contribution is 7.17. The fourth-order valence-electron chi connectivity index (χ4n) is 3.51. The molecule has 2 aromatic heterocycles. The van der Waals surface area contributed by atoms with E-state index in [-0.39, 0.29) is 0 Å². The Labute approximate surface area is 132 Å². The Morgan fingerprint density at radius 3 is 2.90 bits per heavy atom. The molecule has 1 unspecified atom stereocenters. The zero-order valence-electron chi connectivity index (χ0n) is 13.1. The van der Waals surface area contributed by atoms with E-state index in [0.717, 1.165) is 23.9 Å². The van der Waals surface area contributed by atoms with Crippen molar-refractivity contribution in [3.8, 4) is 0 Å². The molecule has 1 atom stereocenters. The van der Waals surface area contributed by atoms with Crippen LogP contribution in [0.3, 0.4) is 0 Å². The molecule has 2 heterocycles. The van der Waals surface area contributed by atoms with Crippen LogP contribution in [0.2, 0.25) is 0 Å². The minimum absolute atomic E-state index is 0.483. The van der Waals surface area contributed by atoms with Crippen molar-refractivity contribution >= 4 is 21.6 Å². The van der Waals surface area contributed by atoms with Crippen LogP contribution in [0, 0.1) is 11.8 Å². The molecule has 2 nitrogen and oxygen atoms in total. The molecule has 3 heteroatoms. The monoisotopic (exact) mass is 302 g/mol. The van der Waals surface area contributed by atoms with Crippen molar-refractivity contribution in [3.05, 3.63) is 29.3 Å². The van der Waals surface area contributed by atoms with Crippen LogP contribution in [-0.2, 0) is 0 Å². The van der Waals surface area contributed by atoms with Gasteiger partial charge in [0.15, 0.2) is 0 Å². The molecule has 0 saturated heterocycles. The van der Waals surface area contributed by atoms with Gasteiger partial charge in [-0.25, -0.2) is 0 Å². The van der Waals surface area contributed by atoms with E-state index < -0.39 is 0 Å². The maximum atomic E-state index is 4.65. The van der Waals surface area contributed by atoms with Crippen LogP contribution in [0.25, 0.3) is 10.2 Å². The van der Waals surface area contributed by atoms with Crippen molar-refractivity contribution in [2.24, 2.45) is 11.8 Å². The van der Waals surface area contributed by atoms with Gasteiger partial charge in [0.1, 0.15) is 0 Å². The number of fused-ring (bicyclic) bond motifs is 1. The Balaban J connectivity index is 1.83. The minimum atomic E-state index is 0.483. The van der Waals surface area contributed by atoms with Crippen LogP contribution < -0.4 is 5.32 Å². The largest absolute Gasteiger partial charge is 0.310 e. The van der Waals surface area contributed by atoms with Gasteiger partial charge in [-0.3, -0.25) is 4.98 Å². The highest BCUT2D eigenvalue weighted by atomic mass is 32.1. The first kappa shape index (κ1) is 15.0. The second kappa shape index (κ2) is 6.89. The maximum Gasteiger partial charge on any atom is 0.0809 e. The van der Waals surface area contributed by atoms with Gasteiger partial charge in [0.25, 0.3) is 0 Å². The molecule has 114 valence electrons. The molecular weight excluding hydrogens is 276 g/mol. The third-order valence-corrected chi connectivity index (χ3v) is 5.68. The highest BCUT2D eigenvalue weighted by Crippen LogP contribution is 2.37. The van der Waals surface area contributed by atoms with Crippen molar-refractivity contribution in [1.82, 2.24) is 10.3 Å². The third kappa shape index (κ3) is 3.46. The molecule has 3 rings (SSSR count). The van der Waals surface area contributed by atoms with Gasteiger partial charge in [0.2, 0.25) is 0 Å². The summed E-state index contributed by atoms with van der Waals surface area (Å²) in [5, 5.41) is 5.93. The number of hydrogen-bond donors (Lipinski definition) is 1. The lowest BCUT2D eigenvalue weighted by Gasteiger charge is -2.33. The summed E-state index contributed by atoms with van der Waals surface area (Å²) in [6.45, 7) is 5.73. The van der Waals surface area contributed by atoms with E-state index in [1.54, 1.807) is 11.3 Å². The van der Waals surface area contributed by atoms with Crippen LogP contribution in [-0.4, -0.2) is 11.5 Å². The number of thiophene rings is 1. The summed E-state index contributed by atoms with van der Waals surface area (Å²) < 4.78 is 1.32. The van der Waals surface area contributed by atoms with Gasteiger partial charge in [-0.15, -0.1) is 11.3 Å². The maximum absolute atomic E-state index is 4.65. The molecule has 0 radical (unpaired) electrons. The van der Waals surface area contributed by atoms with Crippen molar-refractivity contribution in [2.75, 3.05) is 6.54 Å². The number of aromatic nitrogens is 1. The topological polar surface area (TPSA) is 24.9 Å². The summed E-state index contributed by atoms with van der Waals surface area (Å²) in [5.74, 6) is 1.68. The van der Waals surface area contributed by atoms with E-state index in [9.17, 15) is 0 Å². The average molecular weight is 302 g/mol. The second-order valence-corrected chi connectivity index (χ2v) is 7.47. The van der Waals surface area contributed by atoms with Crippen LogP contribution in [0.4, 0.5) is 0 Å². The quantitative estimate of drug-likeness (QED) is 0.825. The van der Waals surface area contributed by atoms with Crippen LogP contribution >= 0.6 is 11.3 Å². The molecule has 0 bridgehead atoms. The third-order valence-electron chi connectivity index (χ3n) is 4.83. The number of nitrogens with one attached hydrogen (secondary N) is 1. The summed E-state index contributed by atoms with van der Waals surface area (Å²) in [5.41, 5.74) is 2.52. The first-order valence-corrected chi connectivity index (χ1v) is 9.22. The normalized spacial score (nSPS) is 24.3. The summed E-state index contributed by atoms with van der Waals surface area (Å²) >= 11 is 1.80. The van der Waals surface area contributed by atoms with Gasteiger partial charge in [-0.2, -0.15) is 0 Å². The van der Waals surface area contributed by atoms with Crippen LogP contribution in [0.5, 0.6) is 0 Å². The summed E-state index contributed by atoms with van der Waals surface area (Å²) in [6.07, 6.45) is 8.75. The van der Waals surface area contributed by atoms with E-state index in [2.05, 4.69) is 47.9 Å². The molecule has 1 fully saturated rings. The number of nitrogens with zero attached hydrogens (tertiary/aromatic N) is 1. The molecule has 21 heavy (non-hydrogen) atoms. The summed E-state index contributed by atoms with van der Waals surface area (Å²) in [7, 11) is 0. The Kier molecular flexibility index (Phi) is 4.91. The standard InChI is InChI=1S/C18H26N2S/c1-3-9-19-18(14-6-4-13(2)5-7-14)15-11-17-16(20-12-15)8-10-21-17/h8,10-14,18-19H,3-7,9H2,1-2H3. The number of hydrogen-bond acceptors (Lipinski definition) is 3. The van der Waals surface area contributed by atoms with Gasteiger partial charge in [-0.1, -0.05) is 26.7 Å². The van der Waals surface area contributed by atoms with E-state index in [4.69, 9.17) is 0 Å². The van der Waals surface area contributed by atoms with Gasteiger partial charge in [0.05, 0.1) is 10.2 Å². The van der Waals surface area contributed by atoms with E-state index in [1.165, 1.54) is 42.4 Å². The molecule has 0 spiro atoms. The molecule has 1 saturated carbocycles. The van der Waals surface area contributed by atoms with Gasteiger partial charge >= 0.3 is 0 Å². The van der Waals surface area contributed by atoms with Gasteiger partial charge in [-0.05, 0) is 60.7 Å². The average Bonchev–Trinajstić information content (AvgIpc) is 2.97. The molecular formula is C18H26N2S. The van der Waals surface area contributed by atoms with Crippen LogP contribution in [0.1, 0.15) is 57.6 Å². The minimum Gasteiger partial charge on any atom is -0.310 e. The van der Waals surface area contributed by atoms with E-state index >= 15 is 0 Å². The SMILES string of the molecule is CCCNC(c1cnc2ccsc2c1)C1CCC(C)CC1. The zero-order valence-corrected chi connectivity index (χ0v) is 14.0. The fourth-order valence-corrected chi connectivity index (χ4v) is 4.30. The lowest BCUT2D eigenvalue weighted by Crippen LogP contribution is -2.31. The number of pyridine rings is 1. The van der Waals surface area contributed by atoms with Crippen LogP contribution in [0.15, 0.2) is 23.7 Å². The molecule has 1 aliphatic rings. The predicted octanol–water partition coefficient (Wildman–Crippen LogP) is 5.16. The summed E-state index contributed by atoms with van der Waals surface area (Å²) in [6, 6.07) is 4.95. The first-order chi connectivity index (χ1) is 10.3. The van der Waals surface area contributed by atoms with Crippen molar-refractivity contribution < 1.29 is 0 Å². The Morgan fingerprint density at radius 1 is 1.33 bits per heavy atom. The Hall–Kier alpha value is -0.930.